The number of amides is 1. The molecule has 1 aliphatic rings. The molecule has 1 aromatic heterocycles. The van der Waals surface area contributed by atoms with E-state index in [1.165, 1.54) is 6.08 Å². The summed E-state index contributed by atoms with van der Waals surface area (Å²) in [4.78, 5) is 22.2. The summed E-state index contributed by atoms with van der Waals surface area (Å²) in [6.07, 6.45) is 2.28. The summed E-state index contributed by atoms with van der Waals surface area (Å²) in [5.41, 5.74) is 2.79. The highest BCUT2D eigenvalue weighted by molar-refractivity contribution is 5.99. The molecule has 1 aliphatic heterocycles. The minimum Gasteiger partial charge on any atom is -0.495 e. The third-order valence-corrected chi connectivity index (χ3v) is 5.12. The van der Waals surface area contributed by atoms with Gasteiger partial charge in [0, 0.05) is 30.0 Å². The molecule has 2 N–H and O–H groups in total. The van der Waals surface area contributed by atoms with Gasteiger partial charge in [-0.2, -0.15) is 0 Å². The van der Waals surface area contributed by atoms with Gasteiger partial charge in [0.25, 0.3) is 0 Å². The Balaban J connectivity index is 1.60. The number of carbonyl (C=O) groups excluding carboxylic acids is 1. The van der Waals surface area contributed by atoms with Gasteiger partial charge in [-0.3, -0.25) is 4.79 Å². The first-order valence-electron chi connectivity index (χ1n) is 10.4. The molecular formula is C24H24FN5O3. The fourth-order valence-corrected chi connectivity index (χ4v) is 3.52. The van der Waals surface area contributed by atoms with Gasteiger partial charge in [-0.1, -0.05) is 18.7 Å². The molecule has 2 heterocycles. The lowest BCUT2D eigenvalue weighted by molar-refractivity contribution is -0.111. The monoisotopic (exact) mass is 449 g/mol. The molecule has 3 aromatic rings. The number of ether oxygens (including phenoxy) is 2. The summed E-state index contributed by atoms with van der Waals surface area (Å²) >= 11 is 0. The van der Waals surface area contributed by atoms with Crippen LogP contribution in [0.5, 0.6) is 5.75 Å². The number of morpholine rings is 1. The fourth-order valence-electron chi connectivity index (χ4n) is 3.52. The van der Waals surface area contributed by atoms with Gasteiger partial charge in [0.05, 0.1) is 32.2 Å². The number of benzene rings is 2. The lowest BCUT2D eigenvalue weighted by Gasteiger charge is -2.30. The lowest BCUT2D eigenvalue weighted by Crippen LogP contribution is -2.36. The first-order chi connectivity index (χ1) is 16.1. The van der Waals surface area contributed by atoms with Crippen molar-refractivity contribution in [1.29, 1.82) is 0 Å². The number of anilines is 4. The topological polar surface area (TPSA) is 88.6 Å². The van der Waals surface area contributed by atoms with Crippen LogP contribution in [0.3, 0.4) is 0 Å². The molecule has 0 spiro atoms. The molecule has 0 bridgehead atoms. The van der Waals surface area contributed by atoms with Crippen LogP contribution in [0, 0.1) is 5.82 Å². The quantitative estimate of drug-likeness (QED) is 0.527. The summed E-state index contributed by atoms with van der Waals surface area (Å²) < 4.78 is 25.5. The fraction of sp³-hybridized carbons (Fsp3) is 0.208. The van der Waals surface area contributed by atoms with Gasteiger partial charge in [-0.05, 0) is 36.4 Å². The maximum Gasteiger partial charge on any atom is 0.247 e. The van der Waals surface area contributed by atoms with E-state index in [0.717, 1.165) is 36.4 Å². The van der Waals surface area contributed by atoms with E-state index in [4.69, 9.17) is 9.47 Å². The molecule has 9 heteroatoms. The Morgan fingerprint density at radius 3 is 2.79 bits per heavy atom. The third kappa shape index (κ3) is 5.27. The van der Waals surface area contributed by atoms with E-state index >= 15 is 0 Å². The van der Waals surface area contributed by atoms with Crippen LogP contribution in [0.25, 0.3) is 11.3 Å². The van der Waals surface area contributed by atoms with Gasteiger partial charge in [-0.15, -0.1) is 0 Å². The second-order valence-corrected chi connectivity index (χ2v) is 7.28. The summed E-state index contributed by atoms with van der Waals surface area (Å²) in [6, 6.07) is 12.4. The molecule has 1 fully saturated rings. The molecule has 0 unspecified atom stereocenters. The first-order valence-corrected chi connectivity index (χ1v) is 10.4. The van der Waals surface area contributed by atoms with E-state index in [9.17, 15) is 9.18 Å². The average molecular weight is 449 g/mol. The van der Waals surface area contributed by atoms with Crippen molar-refractivity contribution in [3.63, 3.8) is 0 Å². The Hall–Kier alpha value is -3.98. The van der Waals surface area contributed by atoms with Gasteiger partial charge in [0.15, 0.2) is 5.82 Å². The van der Waals surface area contributed by atoms with Crippen molar-refractivity contribution in [3.8, 4) is 17.0 Å². The Morgan fingerprint density at radius 1 is 1.21 bits per heavy atom. The molecule has 2 aromatic carbocycles. The van der Waals surface area contributed by atoms with E-state index in [0.29, 0.717) is 24.5 Å². The van der Waals surface area contributed by atoms with E-state index in [1.54, 1.807) is 31.4 Å². The van der Waals surface area contributed by atoms with Crippen LogP contribution in [0.15, 0.2) is 61.3 Å². The predicted octanol–water partition coefficient (Wildman–Crippen LogP) is 4.00. The predicted molar refractivity (Wildman–Crippen MR) is 126 cm³/mol. The summed E-state index contributed by atoms with van der Waals surface area (Å²) in [7, 11) is 1.63. The number of nitrogens with one attached hydrogen (secondary N) is 2. The Bertz CT molecular complexity index is 1160. The smallest absolute Gasteiger partial charge is 0.247 e. The zero-order valence-corrected chi connectivity index (χ0v) is 18.2. The van der Waals surface area contributed by atoms with Crippen molar-refractivity contribution in [3.05, 3.63) is 67.1 Å². The molecule has 0 atom stereocenters. The lowest BCUT2D eigenvalue weighted by atomic mass is 10.1. The summed E-state index contributed by atoms with van der Waals surface area (Å²) in [6.45, 7) is 6.25. The molecule has 1 amide bonds. The summed E-state index contributed by atoms with van der Waals surface area (Å²) in [5.74, 6) is 0.0660. The second-order valence-electron chi connectivity index (χ2n) is 7.28. The van der Waals surface area contributed by atoms with Crippen molar-refractivity contribution in [2.45, 2.75) is 0 Å². The molecule has 0 aliphatic carbocycles. The van der Waals surface area contributed by atoms with Crippen molar-refractivity contribution in [1.82, 2.24) is 9.97 Å². The van der Waals surface area contributed by atoms with Crippen LogP contribution in [0.4, 0.5) is 27.4 Å². The Kier molecular flexibility index (Phi) is 6.80. The molecule has 0 saturated carbocycles. The van der Waals surface area contributed by atoms with Crippen LogP contribution in [-0.2, 0) is 9.53 Å². The van der Waals surface area contributed by atoms with Gasteiger partial charge in [0.2, 0.25) is 11.9 Å². The van der Waals surface area contributed by atoms with Crippen molar-refractivity contribution < 1.29 is 18.7 Å². The van der Waals surface area contributed by atoms with Crippen molar-refractivity contribution >= 4 is 28.9 Å². The number of carbonyl (C=O) groups is 1. The highest BCUT2D eigenvalue weighted by atomic mass is 19.1. The molecule has 1 saturated heterocycles. The normalized spacial score (nSPS) is 13.3. The standard InChI is InChI=1S/C24H24FN5O3/c1-3-22(31)27-17-6-4-5-16(13-17)23-19(25)15-26-24(29-23)28-18-7-8-21(32-2)20(14-18)30-9-11-33-12-10-30/h3-8,13-15H,1,9-12H2,2H3,(H,27,31)(H,26,28,29). The van der Waals surface area contributed by atoms with Gasteiger partial charge in [0.1, 0.15) is 11.4 Å². The molecule has 8 nitrogen and oxygen atoms in total. The number of hydrogen-bond acceptors (Lipinski definition) is 7. The van der Waals surface area contributed by atoms with Gasteiger partial charge >= 0.3 is 0 Å². The number of hydrogen-bond donors (Lipinski definition) is 2. The molecule has 4 rings (SSSR count). The minimum atomic E-state index is -0.573. The minimum absolute atomic E-state index is 0.115. The molecule has 33 heavy (non-hydrogen) atoms. The molecule has 0 radical (unpaired) electrons. The molecular weight excluding hydrogens is 425 g/mol. The zero-order chi connectivity index (χ0) is 23.2. The second kappa shape index (κ2) is 10.1. The maximum absolute atomic E-state index is 14.6. The van der Waals surface area contributed by atoms with E-state index in [2.05, 4.69) is 32.1 Å². The highest BCUT2D eigenvalue weighted by Crippen LogP contribution is 2.33. The molecule has 170 valence electrons. The van der Waals surface area contributed by atoms with E-state index in [-0.39, 0.29) is 17.5 Å². The van der Waals surface area contributed by atoms with Crippen LogP contribution in [0.2, 0.25) is 0 Å². The summed E-state index contributed by atoms with van der Waals surface area (Å²) in [5, 5.41) is 5.80. The van der Waals surface area contributed by atoms with Crippen LogP contribution >= 0.6 is 0 Å². The van der Waals surface area contributed by atoms with E-state index < -0.39 is 5.82 Å². The number of aromatic nitrogens is 2. The van der Waals surface area contributed by atoms with E-state index in [1.807, 2.05) is 18.2 Å². The van der Waals surface area contributed by atoms with Gasteiger partial charge in [-0.25, -0.2) is 14.4 Å². The Morgan fingerprint density at radius 2 is 2.03 bits per heavy atom. The third-order valence-electron chi connectivity index (χ3n) is 5.12. The number of methoxy groups -OCH3 is 1. The van der Waals surface area contributed by atoms with Crippen molar-refractivity contribution in [2.75, 3.05) is 48.9 Å². The van der Waals surface area contributed by atoms with Crippen LogP contribution in [0.1, 0.15) is 0 Å². The van der Waals surface area contributed by atoms with Crippen LogP contribution in [-0.4, -0.2) is 49.3 Å². The number of rotatable bonds is 7. The largest absolute Gasteiger partial charge is 0.495 e. The van der Waals surface area contributed by atoms with Crippen molar-refractivity contribution in [2.24, 2.45) is 0 Å². The zero-order valence-electron chi connectivity index (χ0n) is 18.2. The highest BCUT2D eigenvalue weighted by Gasteiger charge is 2.17. The SMILES string of the molecule is C=CC(=O)Nc1cccc(-c2nc(Nc3ccc(OC)c(N4CCOCC4)c3)ncc2F)c1. The number of halogens is 1. The maximum atomic E-state index is 14.6. The van der Waals surface area contributed by atoms with Crippen LogP contribution < -0.4 is 20.3 Å². The Labute approximate surface area is 191 Å². The number of nitrogens with zero attached hydrogens (tertiary/aromatic N) is 3. The average Bonchev–Trinajstić information content (AvgIpc) is 2.85. The first kappa shape index (κ1) is 22.2. The van der Waals surface area contributed by atoms with Gasteiger partial charge < -0.3 is 25.0 Å².